The van der Waals surface area contributed by atoms with E-state index in [2.05, 4.69) is 18.7 Å². The highest BCUT2D eigenvalue weighted by Crippen LogP contribution is 2.21. The molecule has 1 fully saturated rings. The Labute approximate surface area is 99.1 Å². The van der Waals surface area contributed by atoms with Crippen LogP contribution in [0.3, 0.4) is 0 Å². The summed E-state index contributed by atoms with van der Waals surface area (Å²) in [5.74, 6) is 0.248. The molecule has 0 aromatic heterocycles. The quantitative estimate of drug-likeness (QED) is 0.694. The fraction of sp³-hybridized carbons (Fsp3) is 0.923. The van der Waals surface area contributed by atoms with Gasteiger partial charge in [0.2, 0.25) is 0 Å². The summed E-state index contributed by atoms with van der Waals surface area (Å²) in [4.78, 5) is 14.4. The molecule has 1 saturated heterocycles. The SMILES string of the molecule is CC(C)[C@@H](C(=O)OC(C)(C)C)N1CCCC1. The third-order valence-electron chi connectivity index (χ3n) is 2.81. The zero-order chi connectivity index (χ0) is 12.3. The lowest BCUT2D eigenvalue weighted by atomic mass is 10.0. The van der Waals surface area contributed by atoms with Gasteiger partial charge >= 0.3 is 5.97 Å². The Morgan fingerprint density at radius 1 is 1.19 bits per heavy atom. The second-order valence-electron chi connectivity index (χ2n) is 5.97. The predicted octanol–water partition coefficient (Wildman–Crippen LogP) is 2.45. The average Bonchev–Trinajstić information content (AvgIpc) is 2.52. The molecule has 94 valence electrons. The lowest BCUT2D eigenvalue weighted by Crippen LogP contribution is -2.46. The molecule has 1 heterocycles. The zero-order valence-electron chi connectivity index (χ0n) is 11.2. The number of carbonyl (C=O) groups is 1. The molecule has 0 radical (unpaired) electrons. The summed E-state index contributed by atoms with van der Waals surface area (Å²) in [6.45, 7) is 12.0. The number of ether oxygens (including phenoxy) is 1. The van der Waals surface area contributed by atoms with E-state index in [1.807, 2.05) is 20.8 Å². The monoisotopic (exact) mass is 227 g/mol. The van der Waals surface area contributed by atoms with Gasteiger partial charge in [-0.2, -0.15) is 0 Å². The van der Waals surface area contributed by atoms with Crippen LogP contribution in [0.5, 0.6) is 0 Å². The van der Waals surface area contributed by atoms with Crippen LogP contribution in [0.4, 0.5) is 0 Å². The highest BCUT2D eigenvalue weighted by molar-refractivity contribution is 5.76. The van der Waals surface area contributed by atoms with Crippen molar-refractivity contribution in [2.24, 2.45) is 5.92 Å². The van der Waals surface area contributed by atoms with Gasteiger partial charge in [0.15, 0.2) is 0 Å². The van der Waals surface area contributed by atoms with Crippen LogP contribution in [-0.2, 0) is 9.53 Å². The lowest BCUT2D eigenvalue weighted by molar-refractivity contribution is -0.162. The second-order valence-corrected chi connectivity index (χ2v) is 5.97. The maximum atomic E-state index is 12.1. The summed E-state index contributed by atoms with van der Waals surface area (Å²) in [5, 5.41) is 0. The van der Waals surface area contributed by atoms with Crippen LogP contribution >= 0.6 is 0 Å². The molecule has 0 N–H and O–H groups in total. The number of hydrogen-bond donors (Lipinski definition) is 0. The molecular weight excluding hydrogens is 202 g/mol. The molecule has 0 bridgehead atoms. The van der Waals surface area contributed by atoms with E-state index in [0.717, 1.165) is 13.1 Å². The van der Waals surface area contributed by atoms with Crippen LogP contribution in [0.1, 0.15) is 47.5 Å². The second kappa shape index (κ2) is 5.17. The summed E-state index contributed by atoms with van der Waals surface area (Å²) < 4.78 is 5.49. The Kier molecular flexibility index (Phi) is 4.36. The fourth-order valence-corrected chi connectivity index (χ4v) is 2.22. The van der Waals surface area contributed by atoms with E-state index < -0.39 is 0 Å². The van der Waals surface area contributed by atoms with Crippen molar-refractivity contribution in [2.75, 3.05) is 13.1 Å². The van der Waals surface area contributed by atoms with E-state index in [9.17, 15) is 4.79 Å². The van der Waals surface area contributed by atoms with Crippen molar-refractivity contribution in [1.82, 2.24) is 4.90 Å². The first-order chi connectivity index (χ1) is 7.31. The van der Waals surface area contributed by atoms with Crippen molar-refractivity contribution in [3.63, 3.8) is 0 Å². The topological polar surface area (TPSA) is 29.5 Å². The van der Waals surface area contributed by atoms with Gasteiger partial charge in [0.25, 0.3) is 0 Å². The number of esters is 1. The molecule has 1 rings (SSSR count). The van der Waals surface area contributed by atoms with Gasteiger partial charge in [-0.25, -0.2) is 0 Å². The molecule has 0 aromatic carbocycles. The van der Waals surface area contributed by atoms with Crippen LogP contribution in [0.15, 0.2) is 0 Å². The summed E-state index contributed by atoms with van der Waals surface area (Å²) in [7, 11) is 0. The van der Waals surface area contributed by atoms with Crippen molar-refractivity contribution < 1.29 is 9.53 Å². The van der Waals surface area contributed by atoms with Gasteiger partial charge in [-0.15, -0.1) is 0 Å². The Balaban J connectivity index is 2.66. The normalized spacial score (nSPS) is 20.1. The van der Waals surface area contributed by atoms with Crippen LogP contribution in [-0.4, -0.2) is 35.6 Å². The highest BCUT2D eigenvalue weighted by Gasteiger charge is 2.33. The molecule has 0 saturated carbocycles. The van der Waals surface area contributed by atoms with Gasteiger partial charge in [0.1, 0.15) is 11.6 Å². The first kappa shape index (κ1) is 13.5. The Hall–Kier alpha value is -0.570. The van der Waals surface area contributed by atoms with Gasteiger partial charge in [-0.1, -0.05) is 13.8 Å². The van der Waals surface area contributed by atoms with Gasteiger partial charge in [-0.05, 0) is 52.6 Å². The molecule has 3 heteroatoms. The molecule has 0 aromatic rings. The fourth-order valence-electron chi connectivity index (χ4n) is 2.22. The molecule has 0 aliphatic carbocycles. The van der Waals surface area contributed by atoms with Gasteiger partial charge in [-0.3, -0.25) is 9.69 Å². The third kappa shape index (κ3) is 3.78. The van der Waals surface area contributed by atoms with E-state index in [1.54, 1.807) is 0 Å². The van der Waals surface area contributed by atoms with Gasteiger partial charge < -0.3 is 4.74 Å². The van der Waals surface area contributed by atoms with E-state index in [4.69, 9.17) is 4.74 Å². The van der Waals surface area contributed by atoms with Crippen molar-refractivity contribution in [3.8, 4) is 0 Å². The molecule has 3 nitrogen and oxygen atoms in total. The highest BCUT2D eigenvalue weighted by atomic mass is 16.6. The first-order valence-corrected chi connectivity index (χ1v) is 6.28. The summed E-state index contributed by atoms with van der Waals surface area (Å²) >= 11 is 0. The number of likely N-dealkylation sites (tertiary alicyclic amines) is 1. The minimum atomic E-state index is -0.385. The van der Waals surface area contributed by atoms with Gasteiger partial charge in [0.05, 0.1) is 0 Å². The van der Waals surface area contributed by atoms with E-state index in [0.29, 0.717) is 5.92 Å². The number of nitrogens with zero attached hydrogens (tertiary/aromatic N) is 1. The van der Waals surface area contributed by atoms with E-state index in [-0.39, 0.29) is 17.6 Å². The van der Waals surface area contributed by atoms with Crippen molar-refractivity contribution in [1.29, 1.82) is 0 Å². The van der Waals surface area contributed by atoms with E-state index >= 15 is 0 Å². The Morgan fingerprint density at radius 3 is 2.06 bits per heavy atom. The molecule has 1 aliphatic heterocycles. The van der Waals surface area contributed by atoms with Gasteiger partial charge in [0, 0.05) is 0 Å². The third-order valence-corrected chi connectivity index (χ3v) is 2.81. The standard InChI is InChI=1S/C13H25NO2/c1-10(2)11(14-8-6-7-9-14)12(15)16-13(3,4)5/h10-11H,6-9H2,1-5H3/t11-/m0/s1. The molecule has 16 heavy (non-hydrogen) atoms. The number of carbonyl (C=O) groups excluding carboxylic acids is 1. The van der Waals surface area contributed by atoms with E-state index in [1.165, 1.54) is 12.8 Å². The number of hydrogen-bond acceptors (Lipinski definition) is 3. The Bertz CT molecular complexity index is 237. The molecule has 0 amide bonds. The molecule has 0 spiro atoms. The smallest absolute Gasteiger partial charge is 0.324 e. The van der Waals surface area contributed by atoms with Crippen molar-refractivity contribution in [3.05, 3.63) is 0 Å². The van der Waals surface area contributed by atoms with Crippen molar-refractivity contribution >= 4 is 5.97 Å². The molecular formula is C13H25NO2. The summed E-state index contributed by atoms with van der Waals surface area (Å²) in [6.07, 6.45) is 2.40. The maximum absolute atomic E-state index is 12.1. The van der Waals surface area contributed by atoms with Crippen LogP contribution in [0, 0.1) is 5.92 Å². The summed E-state index contributed by atoms with van der Waals surface area (Å²) in [6, 6.07) is -0.0678. The Morgan fingerprint density at radius 2 is 1.69 bits per heavy atom. The molecule has 1 atom stereocenters. The van der Waals surface area contributed by atoms with Crippen LogP contribution in [0.2, 0.25) is 0 Å². The minimum absolute atomic E-state index is 0.0654. The molecule has 0 unspecified atom stereocenters. The summed E-state index contributed by atoms with van der Waals surface area (Å²) in [5.41, 5.74) is -0.385. The lowest BCUT2D eigenvalue weighted by Gasteiger charge is -2.31. The predicted molar refractivity (Wildman–Crippen MR) is 65.3 cm³/mol. The zero-order valence-corrected chi connectivity index (χ0v) is 11.2. The minimum Gasteiger partial charge on any atom is -0.459 e. The first-order valence-electron chi connectivity index (χ1n) is 6.28. The molecule has 1 aliphatic rings. The van der Waals surface area contributed by atoms with Crippen LogP contribution in [0.25, 0.3) is 0 Å². The van der Waals surface area contributed by atoms with Crippen LogP contribution < -0.4 is 0 Å². The largest absolute Gasteiger partial charge is 0.459 e. The van der Waals surface area contributed by atoms with Crippen molar-refractivity contribution in [2.45, 2.75) is 59.1 Å². The number of rotatable bonds is 3. The average molecular weight is 227 g/mol. The maximum Gasteiger partial charge on any atom is 0.324 e.